The first kappa shape index (κ1) is 27.8. The van der Waals surface area contributed by atoms with Crippen molar-refractivity contribution in [2.24, 2.45) is 0 Å². The summed E-state index contributed by atoms with van der Waals surface area (Å²) in [7, 11) is 3.19. The van der Waals surface area contributed by atoms with E-state index in [1.165, 1.54) is 0 Å². The molecule has 0 aromatic heterocycles. The number of carbonyl (C=O) groups excluding carboxylic acids is 2. The zero-order valence-corrected chi connectivity index (χ0v) is 23.4. The van der Waals surface area contributed by atoms with E-state index in [-0.39, 0.29) is 25.1 Å². The highest BCUT2D eigenvalue weighted by Gasteiger charge is 2.33. The predicted octanol–water partition coefficient (Wildman–Crippen LogP) is 5.62. The van der Waals surface area contributed by atoms with Crippen molar-refractivity contribution >= 4 is 22.6 Å². The first-order valence-corrected chi connectivity index (χ1v) is 13.6. The number of amides is 1. The van der Waals surface area contributed by atoms with Crippen LogP contribution >= 0.6 is 0 Å². The number of nitrogens with zero attached hydrogens (tertiary/aromatic N) is 1. The monoisotopic (exact) mass is 555 g/mol. The number of carbonyl (C=O) groups is 2. The summed E-state index contributed by atoms with van der Waals surface area (Å²) in [5.74, 6) is 1.90. The van der Waals surface area contributed by atoms with Gasteiger partial charge in [-0.3, -0.25) is 4.79 Å². The minimum absolute atomic E-state index is 0.105. The van der Waals surface area contributed by atoms with E-state index in [2.05, 4.69) is 0 Å². The maximum Gasteiger partial charge on any atom is 0.338 e. The molecule has 0 saturated carbocycles. The van der Waals surface area contributed by atoms with Crippen molar-refractivity contribution in [1.82, 2.24) is 4.90 Å². The summed E-state index contributed by atoms with van der Waals surface area (Å²) in [5.41, 5.74) is 2.44. The van der Waals surface area contributed by atoms with E-state index in [4.69, 9.17) is 23.7 Å². The second-order valence-electron chi connectivity index (χ2n) is 9.61. The summed E-state index contributed by atoms with van der Waals surface area (Å²) in [6.45, 7) is 2.66. The molecule has 8 heteroatoms. The molecule has 4 aromatic carbocycles. The van der Waals surface area contributed by atoms with Gasteiger partial charge in [0.15, 0.2) is 18.1 Å². The molecule has 8 nitrogen and oxygen atoms in total. The number of hydrogen-bond donors (Lipinski definition) is 0. The fourth-order valence-electron chi connectivity index (χ4n) is 5.07. The second-order valence-corrected chi connectivity index (χ2v) is 9.61. The molecule has 0 fully saturated rings. The number of esters is 1. The van der Waals surface area contributed by atoms with E-state index < -0.39 is 6.04 Å². The van der Waals surface area contributed by atoms with Crippen LogP contribution < -0.4 is 18.9 Å². The van der Waals surface area contributed by atoms with Crippen LogP contribution in [0.25, 0.3) is 10.8 Å². The molecule has 0 bridgehead atoms. The zero-order valence-electron chi connectivity index (χ0n) is 23.4. The van der Waals surface area contributed by atoms with Crippen LogP contribution in [0.15, 0.2) is 78.9 Å². The summed E-state index contributed by atoms with van der Waals surface area (Å²) in [5, 5.41) is 2.15. The molecule has 1 aliphatic heterocycles. The molecule has 0 radical (unpaired) electrons. The molecule has 1 unspecified atom stereocenters. The molecule has 0 aliphatic carbocycles. The van der Waals surface area contributed by atoms with Crippen LogP contribution in [0.3, 0.4) is 0 Å². The highest BCUT2D eigenvalue weighted by Crippen LogP contribution is 2.38. The summed E-state index contributed by atoms with van der Waals surface area (Å²) in [6, 6.07) is 24.1. The van der Waals surface area contributed by atoms with E-state index in [1.54, 1.807) is 50.3 Å². The molecule has 1 atom stereocenters. The Morgan fingerprint density at radius 3 is 2.27 bits per heavy atom. The Hall–Kier alpha value is -4.72. The van der Waals surface area contributed by atoms with Gasteiger partial charge in [0.25, 0.3) is 5.91 Å². The van der Waals surface area contributed by atoms with Gasteiger partial charge in [-0.2, -0.15) is 0 Å². The van der Waals surface area contributed by atoms with Crippen molar-refractivity contribution in [2.75, 3.05) is 40.6 Å². The van der Waals surface area contributed by atoms with Gasteiger partial charge in [-0.15, -0.1) is 0 Å². The molecule has 0 N–H and O–H groups in total. The Bertz CT molecular complexity index is 1530. The maximum atomic E-state index is 13.6. The van der Waals surface area contributed by atoms with Gasteiger partial charge in [-0.05, 0) is 83.8 Å². The van der Waals surface area contributed by atoms with Gasteiger partial charge >= 0.3 is 5.97 Å². The van der Waals surface area contributed by atoms with Crippen LogP contribution in [0, 0.1) is 0 Å². The average Bonchev–Trinajstić information content (AvgIpc) is 3.01. The Kier molecular flexibility index (Phi) is 8.58. The van der Waals surface area contributed by atoms with Gasteiger partial charge < -0.3 is 28.6 Å². The van der Waals surface area contributed by atoms with Crippen LogP contribution in [0.4, 0.5) is 0 Å². The molecule has 0 saturated heterocycles. The van der Waals surface area contributed by atoms with Crippen molar-refractivity contribution in [2.45, 2.75) is 19.4 Å². The topological polar surface area (TPSA) is 83.5 Å². The Labute approximate surface area is 239 Å². The Morgan fingerprint density at radius 1 is 0.829 bits per heavy atom. The molecule has 212 valence electrons. The quantitative estimate of drug-likeness (QED) is 0.235. The molecule has 1 heterocycles. The first-order valence-electron chi connectivity index (χ1n) is 13.6. The maximum absolute atomic E-state index is 13.6. The van der Waals surface area contributed by atoms with Crippen LogP contribution in [-0.4, -0.2) is 57.4 Å². The first-order chi connectivity index (χ1) is 20.0. The lowest BCUT2D eigenvalue weighted by Crippen LogP contribution is -2.44. The van der Waals surface area contributed by atoms with Gasteiger partial charge in [0, 0.05) is 6.54 Å². The lowest BCUT2D eigenvalue weighted by Gasteiger charge is -2.37. The van der Waals surface area contributed by atoms with Crippen LogP contribution in [-0.2, 0) is 16.0 Å². The van der Waals surface area contributed by atoms with E-state index in [9.17, 15) is 9.59 Å². The SMILES string of the molecule is CCOC(=O)c1ccc(OCC2c3cc(OC)c(OC)cc3CCN2C(=O)COc2ccc3ccccc3c2)cc1. The summed E-state index contributed by atoms with van der Waals surface area (Å²) < 4.78 is 28.2. The summed E-state index contributed by atoms with van der Waals surface area (Å²) >= 11 is 0. The highest BCUT2D eigenvalue weighted by atomic mass is 16.5. The van der Waals surface area contributed by atoms with Crippen molar-refractivity contribution < 1.29 is 33.3 Å². The van der Waals surface area contributed by atoms with Gasteiger partial charge in [-0.1, -0.05) is 30.3 Å². The van der Waals surface area contributed by atoms with Crippen LogP contribution in [0.1, 0.15) is 34.5 Å². The number of ether oxygens (including phenoxy) is 5. The standard InChI is InChI=1S/C33H33NO7/c1-4-39-33(36)23-10-12-26(13-11-23)40-20-29-28-19-31(38-3)30(37-2)18-25(28)15-16-34(29)32(35)21-41-27-14-9-22-7-5-6-8-24(22)17-27/h5-14,17-19,29H,4,15-16,20-21H2,1-3H3. The molecule has 1 amide bonds. The van der Waals surface area contributed by atoms with Crippen LogP contribution in [0.2, 0.25) is 0 Å². The molecule has 0 spiro atoms. The van der Waals surface area contributed by atoms with Crippen molar-refractivity contribution in [1.29, 1.82) is 0 Å². The predicted molar refractivity (Wildman–Crippen MR) is 155 cm³/mol. The number of fused-ring (bicyclic) bond motifs is 2. The summed E-state index contributed by atoms with van der Waals surface area (Å²) in [4.78, 5) is 27.4. The third-order valence-corrected chi connectivity index (χ3v) is 7.18. The summed E-state index contributed by atoms with van der Waals surface area (Å²) in [6.07, 6.45) is 0.655. The van der Waals surface area contributed by atoms with Gasteiger partial charge in [0.2, 0.25) is 0 Å². The highest BCUT2D eigenvalue weighted by molar-refractivity contribution is 5.89. The minimum atomic E-state index is -0.393. The minimum Gasteiger partial charge on any atom is -0.493 e. The second kappa shape index (κ2) is 12.6. The fourth-order valence-corrected chi connectivity index (χ4v) is 5.07. The van der Waals surface area contributed by atoms with Gasteiger partial charge in [0.1, 0.15) is 18.1 Å². The Morgan fingerprint density at radius 2 is 1.54 bits per heavy atom. The molecule has 1 aliphatic rings. The third-order valence-electron chi connectivity index (χ3n) is 7.18. The van der Waals surface area contributed by atoms with E-state index >= 15 is 0 Å². The number of benzene rings is 4. The smallest absolute Gasteiger partial charge is 0.338 e. The van der Waals surface area contributed by atoms with E-state index in [1.807, 2.05) is 54.6 Å². The zero-order chi connectivity index (χ0) is 28.8. The fraction of sp³-hybridized carbons (Fsp3) is 0.273. The molecular weight excluding hydrogens is 522 g/mol. The Balaban J connectivity index is 1.36. The molecular formula is C33H33NO7. The van der Waals surface area contributed by atoms with Crippen molar-refractivity contribution in [3.05, 3.63) is 95.6 Å². The van der Waals surface area contributed by atoms with Crippen molar-refractivity contribution in [3.63, 3.8) is 0 Å². The van der Waals surface area contributed by atoms with E-state index in [0.29, 0.717) is 48.1 Å². The molecule has 5 rings (SSSR count). The number of methoxy groups -OCH3 is 2. The lowest BCUT2D eigenvalue weighted by molar-refractivity contribution is -0.137. The average molecular weight is 556 g/mol. The largest absolute Gasteiger partial charge is 0.493 e. The third kappa shape index (κ3) is 6.22. The number of rotatable bonds is 10. The normalized spacial score (nSPS) is 14.2. The number of hydrogen-bond acceptors (Lipinski definition) is 7. The van der Waals surface area contributed by atoms with Gasteiger partial charge in [0.05, 0.1) is 32.4 Å². The van der Waals surface area contributed by atoms with Crippen molar-refractivity contribution in [3.8, 4) is 23.0 Å². The van der Waals surface area contributed by atoms with Gasteiger partial charge in [-0.25, -0.2) is 4.79 Å². The molecule has 41 heavy (non-hydrogen) atoms. The lowest BCUT2D eigenvalue weighted by atomic mass is 9.92. The van der Waals surface area contributed by atoms with Crippen LogP contribution in [0.5, 0.6) is 23.0 Å². The molecule has 4 aromatic rings. The van der Waals surface area contributed by atoms with E-state index in [0.717, 1.165) is 21.9 Å².